The molecule has 0 aliphatic carbocycles. The molecule has 0 aliphatic rings. The topological polar surface area (TPSA) is 80.0 Å². The second-order valence-electron chi connectivity index (χ2n) is 4.20. The molecule has 0 bridgehead atoms. The molecule has 1 amide bonds. The Bertz CT molecular complexity index is 458. The second-order valence-corrected chi connectivity index (χ2v) is 4.20. The third kappa shape index (κ3) is 4.97. The zero-order valence-corrected chi connectivity index (χ0v) is 11.5. The molecule has 104 valence electrons. The van der Waals surface area contributed by atoms with Crippen molar-refractivity contribution in [2.75, 3.05) is 33.1 Å². The number of aliphatic imine (C=N–C) groups is 1. The van der Waals surface area contributed by atoms with Crippen molar-refractivity contribution in [1.29, 1.82) is 0 Å². The summed E-state index contributed by atoms with van der Waals surface area (Å²) >= 11 is 0. The predicted molar refractivity (Wildman–Crippen MR) is 76.0 cm³/mol. The van der Waals surface area contributed by atoms with Gasteiger partial charge in [-0.15, -0.1) is 0 Å². The van der Waals surface area contributed by atoms with Crippen molar-refractivity contribution in [3.63, 3.8) is 0 Å². The number of carbonyl (C=O) groups excluding carboxylic acids is 1. The van der Waals surface area contributed by atoms with Crippen LogP contribution in [0, 0.1) is 0 Å². The molecule has 0 heterocycles. The standard InChI is InChI=1S/C13H20N4O2/c1-17(2)12(18)8-15-13(14)16-11-7-5-4-6-10(11)9-19-3/h4-7H,8-9H2,1-3H3,(H3,14,15,16). The van der Waals surface area contributed by atoms with Crippen LogP contribution >= 0.6 is 0 Å². The number of nitrogens with two attached hydrogens (primary N) is 1. The maximum atomic E-state index is 11.4. The number of methoxy groups -OCH3 is 1. The van der Waals surface area contributed by atoms with Gasteiger partial charge in [0.05, 0.1) is 6.61 Å². The molecule has 1 aromatic carbocycles. The molecule has 0 unspecified atom stereocenters. The minimum absolute atomic E-state index is 0.0261. The number of anilines is 1. The number of amides is 1. The van der Waals surface area contributed by atoms with E-state index in [4.69, 9.17) is 10.5 Å². The van der Waals surface area contributed by atoms with E-state index in [1.54, 1.807) is 21.2 Å². The van der Waals surface area contributed by atoms with Crippen LogP contribution in [0.15, 0.2) is 29.3 Å². The summed E-state index contributed by atoms with van der Waals surface area (Å²) in [6.07, 6.45) is 0. The zero-order valence-electron chi connectivity index (χ0n) is 11.5. The highest BCUT2D eigenvalue weighted by molar-refractivity contribution is 5.94. The molecule has 0 aliphatic heterocycles. The number of benzene rings is 1. The number of hydrogen-bond donors (Lipinski definition) is 2. The number of para-hydroxylation sites is 1. The smallest absolute Gasteiger partial charge is 0.243 e. The number of nitrogens with one attached hydrogen (secondary N) is 1. The normalized spacial score (nSPS) is 11.2. The van der Waals surface area contributed by atoms with Crippen LogP contribution in [-0.4, -0.2) is 44.5 Å². The summed E-state index contributed by atoms with van der Waals surface area (Å²) in [7, 11) is 4.98. The van der Waals surface area contributed by atoms with Gasteiger partial charge in [0.15, 0.2) is 5.96 Å². The number of nitrogens with zero attached hydrogens (tertiary/aromatic N) is 2. The van der Waals surface area contributed by atoms with E-state index in [0.717, 1.165) is 11.3 Å². The van der Waals surface area contributed by atoms with Crippen LogP contribution in [0.2, 0.25) is 0 Å². The largest absolute Gasteiger partial charge is 0.380 e. The molecular formula is C13H20N4O2. The van der Waals surface area contributed by atoms with Gasteiger partial charge in [-0.05, 0) is 6.07 Å². The maximum absolute atomic E-state index is 11.4. The Hall–Kier alpha value is -2.08. The van der Waals surface area contributed by atoms with Gasteiger partial charge < -0.3 is 20.7 Å². The third-order valence-electron chi connectivity index (χ3n) is 2.46. The Labute approximate surface area is 113 Å². The molecule has 0 saturated heterocycles. The fourth-order valence-electron chi connectivity index (χ4n) is 1.40. The summed E-state index contributed by atoms with van der Waals surface area (Å²) < 4.78 is 5.10. The molecule has 0 fully saturated rings. The first-order valence-electron chi connectivity index (χ1n) is 5.88. The van der Waals surface area contributed by atoms with Crippen LogP contribution in [0.5, 0.6) is 0 Å². The molecule has 0 aromatic heterocycles. The van der Waals surface area contributed by atoms with E-state index in [1.165, 1.54) is 4.90 Å². The fraction of sp³-hybridized carbons (Fsp3) is 0.385. The number of guanidine groups is 1. The second kappa shape index (κ2) is 7.38. The molecule has 6 heteroatoms. The highest BCUT2D eigenvalue weighted by Crippen LogP contribution is 2.15. The number of hydrogen-bond acceptors (Lipinski definition) is 3. The van der Waals surface area contributed by atoms with Crippen LogP contribution in [0.4, 0.5) is 5.69 Å². The predicted octanol–water partition coefficient (Wildman–Crippen LogP) is 0.648. The minimum Gasteiger partial charge on any atom is -0.380 e. The van der Waals surface area contributed by atoms with E-state index in [0.29, 0.717) is 6.61 Å². The Morgan fingerprint density at radius 2 is 2.11 bits per heavy atom. The Balaban J connectivity index is 2.68. The molecule has 0 atom stereocenters. The van der Waals surface area contributed by atoms with Gasteiger partial charge in [0.25, 0.3) is 0 Å². The van der Waals surface area contributed by atoms with Crippen molar-refractivity contribution in [2.24, 2.45) is 10.7 Å². The average molecular weight is 264 g/mol. The average Bonchev–Trinajstić information content (AvgIpc) is 2.38. The molecule has 0 spiro atoms. The van der Waals surface area contributed by atoms with Crippen molar-refractivity contribution in [1.82, 2.24) is 4.90 Å². The van der Waals surface area contributed by atoms with Gasteiger partial charge in [0, 0.05) is 32.5 Å². The molecule has 1 rings (SSSR count). The van der Waals surface area contributed by atoms with Gasteiger partial charge in [-0.25, -0.2) is 4.99 Å². The summed E-state index contributed by atoms with van der Waals surface area (Å²) in [5, 5.41) is 2.97. The summed E-state index contributed by atoms with van der Waals surface area (Å²) in [5.41, 5.74) is 7.54. The lowest BCUT2D eigenvalue weighted by molar-refractivity contribution is -0.127. The lowest BCUT2D eigenvalue weighted by Gasteiger charge is -2.11. The highest BCUT2D eigenvalue weighted by atomic mass is 16.5. The van der Waals surface area contributed by atoms with Crippen LogP contribution in [0.1, 0.15) is 5.56 Å². The number of rotatable bonds is 5. The minimum atomic E-state index is -0.102. The molecule has 0 saturated carbocycles. The van der Waals surface area contributed by atoms with Crippen LogP contribution in [0.25, 0.3) is 0 Å². The summed E-state index contributed by atoms with van der Waals surface area (Å²) in [6, 6.07) is 7.62. The van der Waals surface area contributed by atoms with Crippen molar-refractivity contribution in [3.05, 3.63) is 29.8 Å². The highest BCUT2D eigenvalue weighted by Gasteiger charge is 2.04. The van der Waals surface area contributed by atoms with Crippen LogP contribution < -0.4 is 11.1 Å². The van der Waals surface area contributed by atoms with E-state index in [2.05, 4.69) is 10.3 Å². The van der Waals surface area contributed by atoms with Crippen molar-refractivity contribution < 1.29 is 9.53 Å². The van der Waals surface area contributed by atoms with Gasteiger partial charge >= 0.3 is 0 Å². The third-order valence-corrected chi connectivity index (χ3v) is 2.46. The molecule has 0 radical (unpaired) electrons. The Morgan fingerprint density at radius 1 is 1.42 bits per heavy atom. The lowest BCUT2D eigenvalue weighted by atomic mass is 10.2. The number of likely N-dealkylation sites (N-methyl/N-ethyl adjacent to an activating group) is 1. The van der Waals surface area contributed by atoms with Crippen LogP contribution in [0.3, 0.4) is 0 Å². The Kier molecular flexibility index (Phi) is 5.81. The van der Waals surface area contributed by atoms with E-state index in [-0.39, 0.29) is 18.4 Å². The lowest BCUT2D eigenvalue weighted by Crippen LogP contribution is -2.28. The zero-order chi connectivity index (χ0) is 14.3. The monoisotopic (exact) mass is 264 g/mol. The van der Waals surface area contributed by atoms with Crippen molar-refractivity contribution in [2.45, 2.75) is 6.61 Å². The van der Waals surface area contributed by atoms with Crippen molar-refractivity contribution >= 4 is 17.6 Å². The molecule has 3 N–H and O–H groups in total. The summed E-state index contributed by atoms with van der Waals surface area (Å²) in [6.45, 7) is 0.505. The van der Waals surface area contributed by atoms with E-state index in [9.17, 15) is 4.79 Å². The molecule has 19 heavy (non-hydrogen) atoms. The Morgan fingerprint density at radius 3 is 2.74 bits per heavy atom. The van der Waals surface area contributed by atoms with E-state index < -0.39 is 0 Å². The SMILES string of the molecule is COCc1ccccc1NC(N)=NCC(=O)N(C)C. The van der Waals surface area contributed by atoms with Gasteiger partial charge in [-0.2, -0.15) is 0 Å². The van der Waals surface area contributed by atoms with Gasteiger partial charge in [-0.1, -0.05) is 18.2 Å². The molecule has 1 aromatic rings. The molecular weight excluding hydrogens is 244 g/mol. The first-order chi connectivity index (χ1) is 9.04. The van der Waals surface area contributed by atoms with E-state index in [1.807, 2.05) is 24.3 Å². The summed E-state index contributed by atoms with van der Waals surface area (Å²) in [5.74, 6) is 0.105. The van der Waals surface area contributed by atoms with Gasteiger partial charge in [-0.3, -0.25) is 4.79 Å². The maximum Gasteiger partial charge on any atom is 0.243 e. The van der Waals surface area contributed by atoms with Crippen LogP contribution in [-0.2, 0) is 16.1 Å². The first-order valence-corrected chi connectivity index (χ1v) is 5.88. The summed E-state index contributed by atoms with van der Waals surface area (Å²) in [4.78, 5) is 16.8. The van der Waals surface area contributed by atoms with Gasteiger partial charge in [0.2, 0.25) is 5.91 Å². The van der Waals surface area contributed by atoms with E-state index >= 15 is 0 Å². The van der Waals surface area contributed by atoms with Gasteiger partial charge in [0.1, 0.15) is 6.54 Å². The first kappa shape index (κ1) is 15.0. The fourth-order valence-corrected chi connectivity index (χ4v) is 1.40. The van der Waals surface area contributed by atoms with Crippen molar-refractivity contribution in [3.8, 4) is 0 Å². The number of ether oxygens (including phenoxy) is 1. The number of carbonyl (C=O) groups is 1. The molecule has 6 nitrogen and oxygen atoms in total. The quantitative estimate of drug-likeness (QED) is 0.604.